The maximum atomic E-state index is 12.0. The second-order valence-electron chi connectivity index (χ2n) is 5.80. The molecule has 0 spiro atoms. The zero-order chi connectivity index (χ0) is 19.8. The number of amides is 1. The van der Waals surface area contributed by atoms with Crippen molar-refractivity contribution in [3.05, 3.63) is 57.6 Å². The van der Waals surface area contributed by atoms with Crippen LogP contribution in [0.2, 0.25) is 10.0 Å². The molecule has 2 aromatic carbocycles. The highest BCUT2D eigenvalue weighted by atomic mass is 35.5. The molecule has 0 unspecified atom stereocenters. The molecule has 2 aromatic rings. The van der Waals surface area contributed by atoms with Crippen molar-refractivity contribution in [2.45, 2.75) is 26.7 Å². The fraction of sp³-hybridized carbons (Fsp3) is 0.300. The Morgan fingerprint density at radius 2 is 1.85 bits per heavy atom. The Labute approximate surface area is 168 Å². The molecule has 144 valence electrons. The van der Waals surface area contributed by atoms with E-state index in [0.29, 0.717) is 28.8 Å². The number of carbonyl (C=O) groups is 2. The van der Waals surface area contributed by atoms with Gasteiger partial charge in [0.15, 0.2) is 6.61 Å². The molecule has 0 fully saturated rings. The van der Waals surface area contributed by atoms with Crippen LogP contribution in [0, 0.1) is 6.92 Å². The largest absolute Gasteiger partial charge is 0.494 e. The van der Waals surface area contributed by atoms with Gasteiger partial charge in [-0.1, -0.05) is 47.5 Å². The second kappa shape index (κ2) is 10.2. The highest BCUT2D eigenvalue weighted by Gasteiger charge is 2.14. The molecule has 0 radical (unpaired) electrons. The number of para-hydroxylation sites is 1. The van der Waals surface area contributed by atoms with E-state index in [2.05, 4.69) is 5.32 Å². The number of ether oxygens (including phenoxy) is 2. The Kier molecular flexibility index (Phi) is 7.95. The van der Waals surface area contributed by atoms with Crippen LogP contribution in [0.3, 0.4) is 0 Å². The van der Waals surface area contributed by atoms with Crippen LogP contribution < -0.4 is 10.1 Å². The molecule has 7 heteroatoms. The molecule has 0 saturated carbocycles. The second-order valence-corrected chi connectivity index (χ2v) is 6.59. The summed E-state index contributed by atoms with van der Waals surface area (Å²) in [5, 5.41) is 3.25. The van der Waals surface area contributed by atoms with E-state index < -0.39 is 18.5 Å². The van der Waals surface area contributed by atoms with E-state index in [1.165, 1.54) is 0 Å². The van der Waals surface area contributed by atoms with Gasteiger partial charge in [-0.05, 0) is 43.5 Å². The van der Waals surface area contributed by atoms with E-state index in [9.17, 15) is 9.59 Å². The summed E-state index contributed by atoms with van der Waals surface area (Å²) in [5.74, 6) is -0.236. The summed E-state index contributed by atoms with van der Waals surface area (Å²) in [6, 6.07) is 10.9. The van der Waals surface area contributed by atoms with Crippen LogP contribution in [0.1, 0.15) is 24.5 Å². The van der Waals surface area contributed by atoms with E-state index in [4.69, 9.17) is 32.7 Å². The Morgan fingerprint density at radius 3 is 2.59 bits per heavy atom. The van der Waals surface area contributed by atoms with Crippen LogP contribution in [0.5, 0.6) is 5.75 Å². The van der Waals surface area contributed by atoms with Crippen LogP contribution in [-0.2, 0) is 20.7 Å². The topological polar surface area (TPSA) is 64.6 Å². The number of hydrogen-bond donors (Lipinski definition) is 1. The minimum absolute atomic E-state index is 0.142. The number of anilines is 1. The molecular weight excluding hydrogens is 389 g/mol. The van der Waals surface area contributed by atoms with Gasteiger partial charge in [0.05, 0.1) is 22.3 Å². The van der Waals surface area contributed by atoms with Crippen LogP contribution in [0.15, 0.2) is 36.4 Å². The van der Waals surface area contributed by atoms with Crippen molar-refractivity contribution in [2.75, 3.05) is 18.5 Å². The lowest BCUT2D eigenvalue weighted by Gasteiger charge is -2.12. The van der Waals surface area contributed by atoms with Crippen molar-refractivity contribution in [2.24, 2.45) is 0 Å². The lowest BCUT2D eigenvalue weighted by Crippen LogP contribution is -2.21. The molecule has 5 nitrogen and oxygen atoms in total. The quantitative estimate of drug-likeness (QED) is 0.634. The first-order valence-electron chi connectivity index (χ1n) is 8.53. The Balaban J connectivity index is 1.84. The van der Waals surface area contributed by atoms with Crippen LogP contribution in [0.25, 0.3) is 0 Å². The van der Waals surface area contributed by atoms with Gasteiger partial charge in [0.1, 0.15) is 5.75 Å². The maximum absolute atomic E-state index is 12.0. The fourth-order valence-electron chi connectivity index (χ4n) is 2.41. The summed E-state index contributed by atoms with van der Waals surface area (Å²) in [6.45, 7) is 3.84. The summed E-state index contributed by atoms with van der Waals surface area (Å²) in [5.41, 5.74) is 2.01. The number of aryl methyl sites for hydroxylation is 2. The standard InChI is InChI=1S/C20H21Cl2NO4/c1-3-26-16-7-5-4-6-14(16)9-11-18(25)27-12-17(24)23-20-15(21)10-8-13(2)19(20)22/h4-8,10H,3,9,11-12H2,1-2H3,(H,23,24). The predicted molar refractivity (Wildman–Crippen MR) is 107 cm³/mol. The van der Waals surface area contributed by atoms with Crippen molar-refractivity contribution in [1.29, 1.82) is 0 Å². The van der Waals surface area contributed by atoms with Crippen molar-refractivity contribution >= 4 is 40.8 Å². The van der Waals surface area contributed by atoms with Crippen molar-refractivity contribution < 1.29 is 19.1 Å². The third-order valence-electron chi connectivity index (χ3n) is 3.78. The van der Waals surface area contributed by atoms with E-state index in [-0.39, 0.29) is 6.42 Å². The van der Waals surface area contributed by atoms with Gasteiger partial charge in [-0.3, -0.25) is 9.59 Å². The SMILES string of the molecule is CCOc1ccccc1CCC(=O)OCC(=O)Nc1c(Cl)ccc(C)c1Cl. The Morgan fingerprint density at radius 1 is 1.11 bits per heavy atom. The van der Waals surface area contributed by atoms with Crippen molar-refractivity contribution in [1.82, 2.24) is 0 Å². The normalized spacial score (nSPS) is 10.4. The summed E-state index contributed by atoms with van der Waals surface area (Å²) < 4.78 is 10.6. The highest BCUT2D eigenvalue weighted by Crippen LogP contribution is 2.32. The monoisotopic (exact) mass is 409 g/mol. The summed E-state index contributed by atoms with van der Waals surface area (Å²) in [7, 11) is 0. The smallest absolute Gasteiger partial charge is 0.306 e. The van der Waals surface area contributed by atoms with Gasteiger partial charge < -0.3 is 14.8 Å². The van der Waals surface area contributed by atoms with Crippen molar-refractivity contribution in [3.8, 4) is 5.75 Å². The molecule has 0 aliphatic heterocycles. The average molecular weight is 410 g/mol. The molecule has 0 aliphatic carbocycles. The summed E-state index contributed by atoms with van der Waals surface area (Å²) in [6.07, 6.45) is 0.607. The number of halogens is 2. The number of carbonyl (C=O) groups excluding carboxylic acids is 2. The van der Waals surface area contributed by atoms with Crippen LogP contribution in [-0.4, -0.2) is 25.1 Å². The zero-order valence-corrected chi connectivity index (χ0v) is 16.7. The van der Waals surface area contributed by atoms with Gasteiger partial charge in [0.25, 0.3) is 5.91 Å². The molecule has 0 aromatic heterocycles. The minimum atomic E-state index is -0.507. The molecule has 27 heavy (non-hydrogen) atoms. The number of nitrogens with one attached hydrogen (secondary N) is 1. The highest BCUT2D eigenvalue weighted by molar-refractivity contribution is 6.40. The van der Waals surface area contributed by atoms with Gasteiger partial charge in [-0.25, -0.2) is 0 Å². The number of rotatable bonds is 8. The van der Waals surface area contributed by atoms with Gasteiger partial charge in [0, 0.05) is 6.42 Å². The summed E-state index contributed by atoms with van der Waals surface area (Å²) >= 11 is 12.2. The van der Waals surface area contributed by atoms with E-state index >= 15 is 0 Å². The first kappa shape index (κ1) is 21.1. The molecule has 1 amide bonds. The van der Waals surface area contributed by atoms with Gasteiger partial charge in [-0.15, -0.1) is 0 Å². The van der Waals surface area contributed by atoms with E-state index in [0.717, 1.165) is 16.9 Å². The maximum Gasteiger partial charge on any atom is 0.306 e. The first-order valence-corrected chi connectivity index (χ1v) is 9.28. The Hall–Kier alpha value is -2.24. The lowest BCUT2D eigenvalue weighted by molar-refractivity contribution is -0.147. The third-order valence-corrected chi connectivity index (χ3v) is 4.59. The van der Waals surface area contributed by atoms with Gasteiger partial charge >= 0.3 is 5.97 Å². The van der Waals surface area contributed by atoms with Gasteiger partial charge in [-0.2, -0.15) is 0 Å². The minimum Gasteiger partial charge on any atom is -0.494 e. The predicted octanol–water partition coefficient (Wildman–Crippen LogP) is 4.82. The molecule has 0 heterocycles. The molecular formula is C20H21Cl2NO4. The van der Waals surface area contributed by atoms with Crippen LogP contribution >= 0.6 is 23.2 Å². The molecule has 0 saturated heterocycles. The zero-order valence-electron chi connectivity index (χ0n) is 15.2. The number of hydrogen-bond acceptors (Lipinski definition) is 4. The van der Waals surface area contributed by atoms with Crippen molar-refractivity contribution in [3.63, 3.8) is 0 Å². The fourth-order valence-corrected chi connectivity index (χ4v) is 2.87. The lowest BCUT2D eigenvalue weighted by atomic mass is 10.1. The molecule has 0 atom stereocenters. The molecule has 0 bridgehead atoms. The van der Waals surface area contributed by atoms with E-state index in [1.54, 1.807) is 19.1 Å². The van der Waals surface area contributed by atoms with Crippen LogP contribution in [0.4, 0.5) is 5.69 Å². The first-order chi connectivity index (χ1) is 12.9. The number of esters is 1. The number of benzene rings is 2. The Bertz CT molecular complexity index is 824. The molecule has 0 aliphatic rings. The molecule has 1 N–H and O–H groups in total. The summed E-state index contributed by atoms with van der Waals surface area (Å²) in [4.78, 5) is 24.0. The third kappa shape index (κ3) is 6.15. The molecule has 2 rings (SSSR count). The average Bonchev–Trinajstić information content (AvgIpc) is 2.66. The van der Waals surface area contributed by atoms with E-state index in [1.807, 2.05) is 31.2 Å². The van der Waals surface area contributed by atoms with Gasteiger partial charge in [0.2, 0.25) is 0 Å².